The number of aliphatic hydroxyl groups excluding tert-OH is 1. The summed E-state index contributed by atoms with van der Waals surface area (Å²) in [7, 11) is 0. The Morgan fingerprint density at radius 3 is 1.77 bits per heavy atom. The highest BCUT2D eigenvalue weighted by Gasteiger charge is 2.21. The maximum Gasteiger partial charge on any atom is 0.307 e. The number of nitrogens with zero attached hydrogens (tertiary/aromatic N) is 1. The van der Waals surface area contributed by atoms with Crippen LogP contribution in [0.4, 0.5) is 0 Å². The zero-order valence-electron chi connectivity index (χ0n) is 20.4. The first-order valence-corrected chi connectivity index (χ1v) is 11.6. The Labute approximate surface area is 184 Å². The van der Waals surface area contributed by atoms with E-state index in [0.29, 0.717) is 32.6 Å². The molecule has 0 fully saturated rings. The van der Waals surface area contributed by atoms with Crippen LogP contribution in [0.3, 0.4) is 0 Å². The first-order chi connectivity index (χ1) is 14.0. The topological polar surface area (TPSA) is 76.1 Å². The molecule has 0 heterocycles. The molecule has 0 aliphatic rings. The van der Waals surface area contributed by atoms with Gasteiger partial charge in [0.1, 0.15) is 0 Å². The second-order valence-corrected chi connectivity index (χ2v) is 10.3. The van der Waals surface area contributed by atoms with E-state index in [1.807, 2.05) is 0 Å². The van der Waals surface area contributed by atoms with Crippen molar-refractivity contribution >= 4 is 11.9 Å². The molecule has 0 spiro atoms. The van der Waals surface area contributed by atoms with Gasteiger partial charge in [-0.1, -0.05) is 20.8 Å². The Bertz CT molecular complexity index is 465. The molecule has 0 rings (SSSR count). The van der Waals surface area contributed by atoms with E-state index in [0.717, 1.165) is 51.5 Å². The maximum atomic E-state index is 12.0. The standard InChI is InChI=1S/C24H47NO5/c1-23(2,3)15-13-21(27)29-19-11-8-12-20-30-22(28)14-17-25(24(4,5)6)16-9-7-10-18-26/h26H,7-20H2,1-6H3. The monoisotopic (exact) mass is 429 g/mol. The molecule has 0 amide bonds. The summed E-state index contributed by atoms with van der Waals surface area (Å²) in [4.78, 5) is 26.0. The van der Waals surface area contributed by atoms with Crippen molar-refractivity contribution in [1.29, 1.82) is 0 Å². The Morgan fingerprint density at radius 1 is 0.733 bits per heavy atom. The molecule has 0 aliphatic carbocycles. The molecule has 30 heavy (non-hydrogen) atoms. The van der Waals surface area contributed by atoms with E-state index in [2.05, 4.69) is 46.4 Å². The third kappa shape index (κ3) is 17.7. The fourth-order valence-corrected chi connectivity index (χ4v) is 2.97. The molecule has 6 nitrogen and oxygen atoms in total. The smallest absolute Gasteiger partial charge is 0.307 e. The van der Waals surface area contributed by atoms with Crippen LogP contribution in [0, 0.1) is 5.41 Å². The molecule has 0 aromatic heterocycles. The SMILES string of the molecule is CC(C)(C)CCC(=O)OCCCCCOC(=O)CCN(CCCCCO)C(C)(C)C. The number of carbonyl (C=O) groups excluding carboxylic acids is 2. The molecule has 0 saturated carbocycles. The zero-order chi connectivity index (χ0) is 23.0. The summed E-state index contributed by atoms with van der Waals surface area (Å²) in [6.45, 7) is 15.5. The predicted octanol–water partition coefficient (Wildman–Crippen LogP) is 4.72. The maximum absolute atomic E-state index is 12.0. The number of esters is 2. The molecule has 6 heteroatoms. The fraction of sp³-hybridized carbons (Fsp3) is 0.917. The van der Waals surface area contributed by atoms with Gasteiger partial charge >= 0.3 is 11.9 Å². The van der Waals surface area contributed by atoms with Crippen molar-refractivity contribution in [2.75, 3.05) is 32.9 Å². The van der Waals surface area contributed by atoms with Crippen LogP contribution in [-0.4, -0.2) is 60.4 Å². The lowest BCUT2D eigenvalue weighted by atomic mass is 9.91. The van der Waals surface area contributed by atoms with Crippen LogP contribution in [0.15, 0.2) is 0 Å². The van der Waals surface area contributed by atoms with Crippen molar-refractivity contribution in [2.24, 2.45) is 5.41 Å². The first-order valence-electron chi connectivity index (χ1n) is 11.6. The molecule has 0 saturated heterocycles. The summed E-state index contributed by atoms with van der Waals surface area (Å²) in [5.41, 5.74) is 0.149. The highest BCUT2D eigenvalue weighted by molar-refractivity contribution is 5.69. The summed E-state index contributed by atoms with van der Waals surface area (Å²) in [5, 5.41) is 8.89. The van der Waals surface area contributed by atoms with Crippen molar-refractivity contribution in [3.8, 4) is 0 Å². The van der Waals surface area contributed by atoms with Gasteiger partial charge in [0.15, 0.2) is 0 Å². The molecular formula is C24H47NO5. The molecule has 0 bridgehead atoms. The van der Waals surface area contributed by atoms with Crippen molar-refractivity contribution in [2.45, 2.75) is 105 Å². The third-order valence-corrected chi connectivity index (χ3v) is 5.01. The lowest BCUT2D eigenvalue weighted by Gasteiger charge is -2.35. The van der Waals surface area contributed by atoms with E-state index >= 15 is 0 Å². The Hall–Kier alpha value is -1.14. The first kappa shape index (κ1) is 28.9. The molecule has 0 unspecified atom stereocenters. The molecular weight excluding hydrogens is 382 g/mol. The molecule has 0 atom stereocenters. The summed E-state index contributed by atoms with van der Waals surface area (Å²) < 4.78 is 10.6. The van der Waals surface area contributed by atoms with Crippen LogP contribution in [0.5, 0.6) is 0 Å². The largest absolute Gasteiger partial charge is 0.466 e. The van der Waals surface area contributed by atoms with Gasteiger partial charge in [-0.25, -0.2) is 0 Å². The van der Waals surface area contributed by atoms with Crippen molar-refractivity contribution in [3.63, 3.8) is 0 Å². The lowest BCUT2D eigenvalue weighted by Crippen LogP contribution is -2.43. The fourth-order valence-electron chi connectivity index (χ4n) is 2.97. The Kier molecular flexibility index (Phi) is 15.0. The van der Waals surface area contributed by atoms with E-state index in [1.54, 1.807) is 0 Å². The lowest BCUT2D eigenvalue weighted by molar-refractivity contribution is -0.144. The van der Waals surface area contributed by atoms with Crippen molar-refractivity contribution < 1.29 is 24.2 Å². The molecule has 0 aromatic rings. The van der Waals surface area contributed by atoms with Crippen LogP contribution in [0.25, 0.3) is 0 Å². The molecule has 178 valence electrons. The van der Waals surface area contributed by atoms with Crippen molar-refractivity contribution in [3.05, 3.63) is 0 Å². The molecule has 0 aliphatic heterocycles. The minimum atomic E-state index is -0.159. The third-order valence-electron chi connectivity index (χ3n) is 5.01. The number of hydrogen-bond donors (Lipinski definition) is 1. The van der Waals surface area contributed by atoms with Gasteiger partial charge in [-0.2, -0.15) is 0 Å². The van der Waals surface area contributed by atoms with Gasteiger partial charge in [0.2, 0.25) is 0 Å². The van der Waals surface area contributed by atoms with Crippen LogP contribution in [0.1, 0.15) is 99.3 Å². The van der Waals surface area contributed by atoms with Crippen molar-refractivity contribution in [1.82, 2.24) is 4.90 Å². The van der Waals surface area contributed by atoms with E-state index in [1.165, 1.54) is 0 Å². The van der Waals surface area contributed by atoms with Gasteiger partial charge in [-0.15, -0.1) is 0 Å². The molecule has 1 N–H and O–H groups in total. The van der Waals surface area contributed by atoms with Crippen LogP contribution in [-0.2, 0) is 19.1 Å². The quantitative estimate of drug-likeness (QED) is 0.282. The summed E-state index contributed by atoms with van der Waals surface area (Å²) in [6, 6.07) is 0. The van der Waals surface area contributed by atoms with Gasteiger partial charge in [0.25, 0.3) is 0 Å². The van der Waals surface area contributed by atoms with E-state index in [4.69, 9.17) is 14.6 Å². The van der Waals surface area contributed by atoms with Crippen LogP contribution < -0.4 is 0 Å². The second kappa shape index (κ2) is 15.6. The second-order valence-electron chi connectivity index (χ2n) is 10.3. The van der Waals surface area contributed by atoms with E-state index in [9.17, 15) is 9.59 Å². The van der Waals surface area contributed by atoms with Crippen LogP contribution in [0.2, 0.25) is 0 Å². The molecule has 0 radical (unpaired) electrons. The average Bonchev–Trinajstić information content (AvgIpc) is 2.63. The normalized spacial score (nSPS) is 12.3. The van der Waals surface area contributed by atoms with Gasteiger partial charge in [0.05, 0.1) is 19.6 Å². The van der Waals surface area contributed by atoms with E-state index < -0.39 is 0 Å². The number of hydrogen-bond acceptors (Lipinski definition) is 6. The number of aliphatic hydroxyl groups is 1. The number of unbranched alkanes of at least 4 members (excludes halogenated alkanes) is 4. The summed E-state index contributed by atoms with van der Waals surface area (Å²) >= 11 is 0. The molecule has 0 aromatic carbocycles. The highest BCUT2D eigenvalue weighted by Crippen LogP contribution is 2.20. The minimum absolute atomic E-state index is 0.00378. The summed E-state index contributed by atoms with van der Waals surface area (Å²) in [5.74, 6) is -0.288. The van der Waals surface area contributed by atoms with Gasteiger partial charge in [-0.05, 0) is 77.7 Å². The van der Waals surface area contributed by atoms with Crippen LogP contribution >= 0.6 is 0 Å². The Morgan fingerprint density at radius 2 is 1.27 bits per heavy atom. The number of rotatable bonds is 16. The minimum Gasteiger partial charge on any atom is -0.466 e. The van der Waals surface area contributed by atoms with Gasteiger partial charge in [0, 0.05) is 25.1 Å². The highest BCUT2D eigenvalue weighted by atomic mass is 16.5. The average molecular weight is 430 g/mol. The predicted molar refractivity (Wildman–Crippen MR) is 121 cm³/mol. The zero-order valence-corrected chi connectivity index (χ0v) is 20.4. The Balaban J connectivity index is 3.81. The summed E-state index contributed by atoms with van der Waals surface area (Å²) in [6.07, 6.45) is 7.00. The van der Waals surface area contributed by atoms with Gasteiger partial charge < -0.3 is 14.6 Å². The number of carbonyl (C=O) groups is 2. The van der Waals surface area contributed by atoms with E-state index in [-0.39, 0.29) is 29.5 Å². The number of ether oxygens (including phenoxy) is 2. The van der Waals surface area contributed by atoms with Gasteiger partial charge in [-0.3, -0.25) is 14.5 Å².